The van der Waals surface area contributed by atoms with Crippen molar-refractivity contribution in [2.24, 2.45) is 45.3 Å². The highest BCUT2D eigenvalue weighted by molar-refractivity contribution is 5.86. The van der Waals surface area contributed by atoms with Crippen LogP contribution in [-0.4, -0.2) is 126 Å². The van der Waals surface area contributed by atoms with E-state index in [-0.39, 0.29) is 19.3 Å². The third-order valence-corrected chi connectivity index (χ3v) is 14.6. The zero-order valence-corrected chi connectivity index (χ0v) is 34.8. The molecular weight excluding hydrogens is 768 g/mol. The summed E-state index contributed by atoms with van der Waals surface area (Å²) in [6.07, 6.45) is -8.25. The molecule has 18 nitrogen and oxygen atoms in total. The Labute approximate surface area is 336 Å². The van der Waals surface area contributed by atoms with Crippen LogP contribution in [0.5, 0.6) is 0 Å². The average Bonchev–Trinajstić information content (AvgIpc) is 3.89. The van der Waals surface area contributed by atoms with E-state index in [1.54, 1.807) is 20.8 Å². The highest BCUT2D eigenvalue weighted by atomic mass is 16.7. The first-order chi connectivity index (χ1) is 26.9. The maximum absolute atomic E-state index is 14.0. The molecule has 0 aromatic heterocycles. The van der Waals surface area contributed by atoms with Gasteiger partial charge in [-0.25, -0.2) is 9.59 Å². The van der Waals surface area contributed by atoms with Gasteiger partial charge in [0, 0.05) is 51.9 Å². The van der Waals surface area contributed by atoms with E-state index in [1.165, 1.54) is 13.8 Å². The van der Waals surface area contributed by atoms with Crippen LogP contribution >= 0.6 is 0 Å². The molecule has 18 heteroatoms. The van der Waals surface area contributed by atoms with Crippen molar-refractivity contribution in [2.45, 2.75) is 136 Å². The topological polar surface area (TPSA) is 254 Å². The van der Waals surface area contributed by atoms with Gasteiger partial charge in [-0.05, 0) is 50.4 Å². The monoisotopic (exact) mass is 824 g/mol. The Morgan fingerprint density at radius 2 is 1.40 bits per heavy atom. The molecule has 0 aromatic carbocycles. The first kappa shape index (κ1) is 44.9. The molecule has 0 spiro atoms. The van der Waals surface area contributed by atoms with Crippen molar-refractivity contribution >= 4 is 48.1 Å². The van der Waals surface area contributed by atoms with Crippen molar-refractivity contribution in [1.82, 2.24) is 0 Å². The summed E-state index contributed by atoms with van der Waals surface area (Å²) in [7, 11) is 1.16. The molecule has 2 unspecified atom stereocenters. The summed E-state index contributed by atoms with van der Waals surface area (Å²) in [6.45, 7) is 11.7. The molecule has 0 amide bonds. The van der Waals surface area contributed by atoms with Gasteiger partial charge in [-0.2, -0.15) is 0 Å². The second kappa shape index (κ2) is 15.1. The number of carbonyl (C=O) groups excluding carboxylic acids is 8. The third-order valence-electron chi connectivity index (χ3n) is 14.6. The fourth-order valence-corrected chi connectivity index (χ4v) is 12.7. The first-order valence-corrected chi connectivity index (χ1v) is 19.4. The Morgan fingerprint density at radius 3 is 1.90 bits per heavy atom. The number of ether oxygens (including phenoxy) is 8. The second-order valence-corrected chi connectivity index (χ2v) is 17.5. The molecule has 16 atom stereocenters. The standard InChI is InChI=1S/C40H56O18/c1-18-14-39(50)25-12-13-35(8)26(15-41)38(17-52-27(48)16-42,19(2)53-20(3)43)31(55-22(5)45)28(54-21(4)44)29(35)36(25,9)32(56-23(6)46)33(57-24(7)47)37(39,10)40(30(18)58-40)34(49)51-11/h15,18-19,25-26,28-33,42,50H,12-14,16-17H2,1-11H3/t18-,19?,25+,26-,28-,29-,30?,31-,32+,33-,35-,36-,37+,38+,39+,40-/m0/s1. The number of rotatable bonds is 11. The highest BCUT2D eigenvalue weighted by Crippen LogP contribution is 2.78. The number of epoxide rings is 1. The van der Waals surface area contributed by atoms with Crippen LogP contribution in [0.3, 0.4) is 0 Å². The van der Waals surface area contributed by atoms with Crippen molar-refractivity contribution < 1.29 is 86.5 Å². The molecule has 324 valence electrons. The number of carbonyl (C=O) groups is 8. The van der Waals surface area contributed by atoms with Gasteiger partial charge in [0.1, 0.15) is 43.9 Å². The molecule has 0 radical (unpaired) electrons. The zero-order chi connectivity index (χ0) is 43.7. The summed E-state index contributed by atoms with van der Waals surface area (Å²) < 4.78 is 47.3. The van der Waals surface area contributed by atoms with Crippen LogP contribution in [0.15, 0.2) is 0 Å². The van der Waals surface area contributed by atoms with Gasteiger partial charge in [-0.3, -0.25) is 24.0 Å². The van der Waals surface area contributed by atoms with Gasteiger partial charge >= 0.3 is 41.8 Å². The lowest BCUT2D eigenvalue weighted by molar-refractivity contribution is -0.360. The number of methoxy groups -OCH3 is 1. The minimum Gasteiger partial charge on any atom is -0.467 e. The van der Waals surface area contributed by atoms with E-state index in [9.17, 15) is 48.6 Å². The summed E-state index contributed by atoms with van der Waals surface area (Å²) in [5, 5.41) is 23.3. The van der Waals surface area contributed by atoms with E-state index in [2.05, 4.69) is 0 Å². The predicted octanol–water partition coefficient (Wildman–Crippen LogP) is 1.16. The molecule has 4 aliphatic carbocycles. The minimum atomic E-state index is -2.01. The Hall–Kier alpha value is -4.16. The van der Waals surface area contributed by atoms with Crippen LogP contribution in [0.4, 0.5) is 0 Å². The maximum Gasteiger partial charge on any atom is 0.341 e. The van der Waals surface area contributed by atoms with Gasteiger partial charge in [0.05, 0.1) is 23.5 Å². The van der Waals surface area contributed by atoms with Crippen LogP contribution < -0.4 is 0 Å². The fourth-order valence-electron chi connectivity index (χ4n) is 12.7. The number of hydrogen-bond donors (Lipinski definition) is 2. The van der Waals surface area contributed by atoms with Crippen LogP contribution in [0.2, 0.25) is 0 Å². The molecule has 1 saturated heterocycles. The fraction of sp³-hybridized carbons (Fsp3) is 0.800. The van der Waals surface area contributed by atoms with Gasteiger partial charge in [-0.15, -0.1) is 0 Å². The summed E-state index contributed by atoms with van der Waals surface area (Å²) >= 11 is 0. The lowest BCUT2D eigenvalue weighted by atomic mass is 9.31. The predicted molar refractivity (Wildman–Crippen MR) is 192 cm³/mol. The Kier molecular flexibility index (Phi) is 11.7. The lowest BCUT2D eigenvalue weighted by Crippen LogP contribution is -2.84. The average molecular weight is 825 g/mol. The quantitative estimate of drug-likeness (QED) is 0.128. The first-order valence-electron chi connectivity index (χ1n) is 19.4. The zero-order valence-electron chi connectivity index (χ0n) is 34.8. The normalized spacial score (nSPS) is 43.8. The largest absolute Gasteiger partial charge is 0.467 e. The highest BCUT2D eigenvalue weighted by Gasteiger charge is 2.91. The number of fused-ring (bicyclic) bond motifs is 7. The summed E-state index contributed by atoms with van der Waals surface area (Å²) in [4.78, 5) is 106. The number of aliphatic hydroxyl groups is 2. The molecule has 0 bridgehead atoms. The lowest BCUT2D eigenvalue weighted by Gasteiger charge is -2.74. The van der Waals surface area contributed by atoms with Gasteiger partial charge in [0.25, 0.3) is 0 Å². The van der Waals surface area contributed by atoms with Gasteiger partial charge in [-0.1, -0.05) is 20.8 Å². The van der Waals surface area contributed by atoms with Gasteiger partial charge < -0.3 is 52.9 Å². The van der Waals surface area contributed by atoms with E-state index in [0.717, 1.165) is 41.7 Å². The molecule has 1 aliphatic heterocycles. The van der Waals surface area contributed by atoms with Crippen LogP contribution in [0.25, 0.3) is 0 Å². The van der Waals surface area contributed by atoms with Crippen LogP contribution in [0, 0.1) is 45.3 Å². The number of aldehydes is 1. The van der Waals surface area contributed by atoms with Crippen LogP contribution in [0.1, 0.15) is 88.5 Å². The molecule has 1 heterocycles. The molecule has 58 heavy (non-hydrogen) atoms. The van der Waals surface area contributed by atoms with Crippen LogP contribution in [-0.2, 0) is 76.3 Å². The Bertz CT molecular complexity index is 1750. The number of esters is 7. The smallest absolute Gasteiger partial charge is 0.341 e. The second-order valence-electron chi connectivity index (χ2n) is 17.5. The maximum atomic E-state index is 14.0. The SMILES string of the molecule is COC(=O)[C@@]12OC1[C@@H](C)C[C@@]1(O)[C@@H]3CC[C@@]4(C)[C@H](C=O)[C@@](COC(=O)CO)(C(C)OC(C)=O)[C@@H](OC(C)=O)[C@@H](OC(C)=O)[C@@H]4[C@@]3(C)[C@H](OC(C)=O)[C@H](OC(C)=O)[C@@]21C. The number of aliphatic hydroxyl groups excluding tert-OH is 1. The molecule has 2 N–H and O–H groups in total. The van der Waals surface area contributed by atoms with Gasteiger partial charge in [0.2, 0.25) is 5.60 Å². The van der Waals surface area contributed by atoms with E-state index >= 15 is 0 Å². The third kappa shape index (κ3) is 6.13. The van der Waals surface area contributed by atoms with Crippen molar-refractivity contribution in [3.63, 3.8) is 0 Å². The molecular formula is C40H56O18. The summed E-state index contributed by atoms with van der Waals surface area (Å²) in [5.74, 6) is -10.5. The molecule has 5 rings (SSSR count). The van der Waals surface area contributed by atoms with E-state index in [0.29, 0.717) is 6.29 Å². The molecule has 5 fully saturated rings. The molecule has 5 aliphatic rings. The minimum absolute atomic E-state index is 0.0194. The summed E-state index contributed by atoms with van der Waals surface area (Å²) in [6, 6.07) is 0. The van der Waals surface area contributed by atoms with Crippen molar-refractivity contribution in [2.75, 3.05) is 20.3 Å². The van der Waals surface area contributed by atoms with Crippen molar-refractivity contribution in [3.8, 4) is 0 Å². The Balaban J connectivity index is 1.92. The number of hydrogen-bond acceptors (Lipinski definition) is 18. The summed E-state index contributed by atoms with van der Waals surface area (Å²) in [5.41, 5.74) is -10.9. The molecule has 4 saturated carbocycles. The Morgan fingerprint density at radius 1 is 0.845 bits per heavy atom. The van der Waals surface area contributed by atoms with E-state index in [1.807, 2.05) is 0 Å². The van der Waals surface area contributed by atoms with Gasteiger partial charge in [0.15, 0.2) is 12.2 Å². The molecule has 0 aromatic rings. The van der Waals surface area contributed by atoms with E-state index in [4.69, 9.17) is 37.9 Å². The van der Waals surface area contributed by atoms with Crippen molar-refractivity contribution in [3.05, 3.63) is 0 Å². The van der Waals surface area contributed by atoms with Crippen molar-refractivity contribution in [1.29, 1.82) is 0 Å². The van der Waals surface area contributed by atoms with E-state index < -0.39 is 148 Å².